The minimum atomic E-state index is 0.229. The summed E-state index contributed by atoms with van der Waals surface area (Å²) in [5.74, 6) is 1.09. The van der Waals surface area contributed by atoms with Crippen LogP contribution in [-0.4, -0.2) is 38.4 Å². The molecule has 1 aromatic carbocycles. The van der Waals surface area contributed by atoms with Crippen molar-refractivity contribution in [2.24, 2.45) is 7.05 Å². The van der Waals surface area contributed by atoms with Crippen LogP contribution in [0, 0.1) is 6.92 Å². The van der Waals surface area contributed by atoms with Crippen LogP contribution < -0.4 is 0 Å². The topological polar surface area (TPSA) is 51.0 Å². The number of likely N-dealkylation sites (tertiary alicyclic amines) is 1. The van der Waals surface area contributed by atoms with E-state index in [2.05, 4.69) is 24.0 Å². The number of hydrogen-bond donors (Lipinski definition) is 0. The third kappa shape index (κ3) is 3.02. The fraction of sp³-hybridized carbons (Fsp3) is 0.350. The molecule has 1 amide bonds. The number of carbonyl (C=O) groups excluding carboxylic acids is 1. The summed E-state index contributed by atoms with van der Waals surface area (Å²) in [6, 6.07) is 8.21. The van der Waals surface area contributed by atoms with Crippen LogP contribution in [0.1, 0.15) is 24.0 Å². The first-order valence-corrected chi connectivity index (χ1v) is 8.77. The molecule has 0 unspecified atom stereocenters. The van der Waals surface area contributed by atoms with Gasteiger partial charge in [0.15, 0.2) is 5.82 Å². The SMILES string of the molecule is Cc1cc(-c2nccn2C)nc2ccc(CC(=O)N3CCCC3)cc12. The lowest BCUT2D eigenvalue weighted by atomic mass is 10.0. The van der Waals surface area contributed by atoms with Gasteiger partial charge in [-0.1, -0.05) is 6.07 Å². The maximum absolute atomic E-state index is 12.4. The van der Waals surface area contributed by atoms with Crippen molar-refractivity contribution < 1.29 is 4.79 Å². The first-order valence-electron chi connectivity index (χ1n) is 8.77. The van der Waals surface area contributed by atoms with Gasteiger partial charge in [-0.05, 0) is 49.1 Å². The van der Waals surface area contributed by atoms with Crippen LogP contribution >= 0.6 is 0 Å². The van der Waals surface area contributed by atoms with E-state index < -0.39 is 0 Å². The van der Waals surface area contributed by atoms with Crippen LogP contribution in [0.4, 0.5) is 0 Å². The highest BCUT2D eigenvalue weighted by molar-refractivity contribution is 5.87. The molecule has 0 bridgehead atoms. The van der Waals surface area contributed by atoms with Crippen LogP contribution in [0.2, 0.25) is 0 Å². The van der Waals surface area contributed by atoms with E-state index in [1.54, 1.807) is 6.20 Å². The third-order valence-electron chi connectivity index (χ3n) is 4.94. The average molecular weight is 334 g/mol. The number of amides is 1. The molecule has 25 heavy (non-hydrogen) atoms. The van der Waals surface area contributed by atoms with Gasteiger partial charge in [0, 0.05) is 37.9 Å². The summed E-state index contributed by atoms with van der Waals surface area (Å²) in [5, 5.41) is 1.10. The van der Waals surface area contributed by atoms with Crippen molar-refractivity contribution in [3.63, 3.8) is 0 Å². The summed E-state index contributed by atoms with van der Waals surface area (Å²) in [7, 11) is 1.97. The standard InChI is InChI=1S/C20H22N4O/c1-14-11-18(20-21-7-10-23(20)2)22-17-6-5-15(12-16(14)17)13-19(25)24-8-3-4-9-24/h5-7,10-12H,3-4,8-9,13H2,1-2H3. The number of aryl methyl sites for hydroxylation is 2. The van der Waals surface area contributed by atoms with Crippen LogP contribution in [0.5, 0.6) is 0 Å². The molecule has 128 valence electrons. The van der Waals surface area contributed by atoms with E-state index in [1.807, 2.05) is 34.8 Å². The summed E-state index contributed by atoms with van der Waals surface area (Å²) in [6.07, 6.45) is 6.43. The molecule has 1 aliphatic rings. The summed E-state index contributed by atoms with van der Waals surface area (Å²) < 4.78 is 1.97. The highest BCUT2D eigenvalue weighted by Crippen LogP contribution is 2.24. The quantitative estimate of drug-likeness (QED) is 0.739. The van der Waals surface area contributed by atoms with Crippen molar-refractivity contribution >= 4 is 16.8 Å². The molecule has 5 nitrogen and oxygen atoms in total. The molecule has 0 spiro atoms. The lowest BCUT2D eigenvalue weighted by Gasteiger charge is -2.15. The Morgan fingerprint density at radius 1 is 1.20 bits per heavy atom. The molecule has 0 N–H and O–H groups in total. The Labute approximate surface area is 147 Å². The van der Waals surface area contributed by atoms with E-state index in [0.29, 0.717) is 6.42 Å². The first-order chi connectivity index (χ1) is 12.1. The zero-order valence-electron chi connectivity index (χ0n) is 14.7. The number of fused-ring (bicyclic) bond motifs is 1. The van der Waals surface area contributed by atoms with Crippen molar-refractivity contribution in [3.05, 3.63) is 47.8 Å². The highest BCUT2D eigenvalue weighted by Gasteiger charge is 2.18. The molecule has 0 saturated carbocycles. The van der Waals surface area contributed by atoms with Gasteiger partial charge >= 0.3 is 0 Å². The number of imidazole rings is 1. The smallest absolute Gasteiger partial charge is 0.226 e. The molecule has 1 aliphatic heterocycles. The number of hydrogen-bond acceptors (Lipinski definition) is 3. The Kier molecular flexibility index (Phi) is 3.99. The molecule has 1 saturated heterocycles. The Balaban J connectivity index is 1.66. The monoisotopic (exact) mass is 334 g/mol. The second-order valence-corrected chi connectivity index (χ2v) is 6.80. The Hall–Kier alpha value is -2.69. The highest BCUT2D eigenvalue weighted by atomic mass is 16.2. The zero-order valence-corrected chi connectivity index (χ0v) is 14.7. The summed E-state index contributed by atoms with van der Waals surface area (Å²) >= 11 is 0. The molecule has 3 heterocycles. The van der Waals surface area contributed by atoms with Crippen molar-refractivity contribution in [2.75, 3.05) is 13.1 Å². The first kappa shape index (κ1) is 15.8. The molecular weight excluding hydrogens is 312 g/mol. The van der Waals surface area contributed by atoms with Gasteiger partial charge in [-0.25, -0.2) is 9.97 Å². The van der Waals surface area contributed by atoms with Gasteiger partial charge < -0.3 is 9.47 Å². The minimum absolute atomic E-state index is 0.229. The molecule has 0 aliphatic carbocycles. The minimum Gasteiger partial charge on any atom is -0.342 e. The van der Waals surface area contributed by atoms with Crippen molar-refractivity contribution in [2.45, 2.75) is 26.2 Å². The normalized spacial score (nSPS) is 14.4. The second kappa shape index (κ2) is 6.31. The molecule has 1 fully saturated rings. The van der Waals surface area contributed by atoms with Gasteiger partial charge in [0.1, 0.15) is 5.69 Å². The third-order valence-corrected chi connectivity index (χ3v) is 4.94. The van der Waals surface area contributed by atoms with E-state index in [4.69, 9.17) is 4.98 Å². The van der Waals surface area contributed by atoms with Gasteiger partial charge in [-0.15, -0.1) is 0 Å². The average Bonchev–Trinajstić information content (AvgIpc) is 3.26. The van der Waals surface area contributed by atoms with Crippen molar-refractivity contribution in [3.8, 4) is 11.5 Å². The van der Waals surface area contributed by atoms with Gasteiger partial charge in [0.05, 0.1) is 11.9 Å². The van der Waals surface area contributed by atoms with Gasteiger partial charge in [0.25, 0.3) is 0 Å². The number of aromatic nitrogens is 3. The molecule has 0 radical (unpaired) electrons. The predicted octanol–water partition coefficient (Wildman–Crippen LogP) is 3.11. The zero-order chi connectivity index (χ0) is 17.4. The van der Waals surface area contributed by atoms with Gasteiger partial charge in [0.2, 0.25) is 5.91 Å². The van der Waals surface area contributed by atoms with E-state index in [-0.39, 0.29) is 5.91 Å². The molecule has 2 aromatic heterocycles. The van der Waals surface area contributed by atoms with E-state index in [9.17, 15) is 4.79 Å². The second-order valence-electron chi connectivity index (χ2n) is 6.80. The molecule has 0 atom stereocenters. The van der Waals surface area contributed by atoms with Crippen LogP contribution in [-0.2, 0) is 18.3 Å². The van der Waals surface area contributed by atoms with Crippen molar-refractivity contribution in [1.29, 1.82) is 0 Å². The predicted molar refractivity (Wildman–Crippen MR) is 98.2 cm³/mol. The maximum Gasteiger partial charge on any atom is 0.226 e. The number of benzene rings is 1. The summed E-state index contributed by atoms with van der Waals surface area (Å²) in [4.78, 5) is 23.5. The van der Waals surface area contributed by atoms with E-state index in [0.717, 1.165) is 59.5 Å². The number of nitrogens with zero attached hydrogens (tertiary/aromatic N) is 4. The van der Waals surface area contributed by atoms with Crippen molar-refractivity contribution in [1.82, 2.24) is 19.4 Å². The Bertz CT molecular complexity index is 938. The Morgan fingerprint density at radius 3 is 2.72 bits per heavy atom. The Morgan fingerprint density at radius 2 is 2.00 bits per heavy atom. The molecule has 5 heteroatoms. The van der Waals surface area contributed by atoms with Gasteiger partial charge in [-0.2, -0.15) is 0 Å². The van der Waals surface area contributed by atoms with E-state index in [1.165, 1.54) is 0 Å². The summed E-state index contributed by atoms with van der Waals surface area (Å²) in [5.41, 5.74) is 4.02. The van der Waals surface area contributed by atoms with Crippen LogP contribution in [0.25, 0.3) is 22.4 Å². The van der Waals surface area contributed by atoms with E-state index >= 15 is 0 Å². The van der Waals surface area contributed by atoms with Gasteiger partial charge in [-0.3, -0.25) is 4.79 Å². The molecule has 3 aromatic rings. The number of rotatable bonds is 3. The maximum atomic E-state index is 12.4. The molecular formula is C20H22N4O. The fourth-order valence-electron chi connectivity index (χ4n) is 3.53. The van der Waals surface area contributed by atoms with Crippen LogP contribution in [0.3, 0.4) is 0 Å². The molecule has 4 rings (SSSR count). The number of carbonyl (C=O) groups is 1. The fourth-order valence-corrected chi connectivity index (χ4v) is 3.53. The van der Waals surface area contributed by atoms with Crippen LogP contribution in [0.15, 0.2) is 36.7 Å². The largest absolute Gasteiger partial charge is 0.342 e. The summed E-state index contributed by atoms with van der Waals surface area (Å²) in [6.45, 7) is 3.89. The lowest BCUT2D eigenvalue weighted by molar-refractivity contribution is -0.129. The number of pyridine rings is 1. The lowest BCUT2D eigenvalue weighted by Crippen LogP contribution is -2.29.